The quantitative estimate of drug-likeness (QED) is 0.745. The number of rotatable bonds is 5. The third-order valence-electron chi connectivity index (χ3n) is 4.94. The lowest BCUT2D eigenvalue weighted by Gasteiger charge is -2.35. The number of piperidine rings is 1. The molecule has 1 aliphatic rings. The minimum absolute atomic E-state index is 0.0333. The van der Waals surface area contributed by atoms with E-state index in [1.807, 2.05) is 27.9 Å². The van der Waals surface area contributed by atoms with E-state index in [1.54, 1.807) is 17.5 Å². The van der Waals surface area contributed by atoms with Crippen LogP contribution in [0.2, 0.25) is 0 Å². The number of aromatic amines is 1. The Hall–Kier alpha value is -2.41. The van der Waals surface area contributed by atoms with E-state index in [0.717, 1.165) is 42.9 Å². The van der Waals surface area contributed by atoms with Gasteiger partial charge < -0.3 is 4.90 Å². The SMILES string of the molecule is Cc1ccc(-c2cc(C(=O)N3CCCC[C@H]3CCn3cccn3)n[nH]2)s1. The summed E-state index contributed by atoms with van der Waals surface area (Å²) in [6.07, 6.45) is 7.97. The van der Waals surface area contributed by atoms with Crippen LogP contribution in [0.15, 0.2) is 36.7 Å². The summed E-state index contributed by atoms with van der Waals surface area (Å²) in [5.41, 5.74) is 1.42. The van der Waals surface area contributed by atoms with Crippen LogP contribution in [-0.4, -0.2) is 43.4 Å². The molecule has 0 spiro atoms. The van der Waals surface area contributed by atoms with Gasteiger partial charge in [-0.05, 0) is 56.9 Å². The maximum Gasteiger partial charge on any atom is 0.274 e. The second-order valence-electron chi connectivity index (χ2n) is 6.78. The van der Waals surface area contributed by atoms with Crippen LogP contribution >= 0.6 is 11.3 Å². The van der Waals surface area contributed by atoms with E-state index in [4.69, 9.17) is 0 Å². The first-order valence-electron chi connectivity index (χ1n) is 9.11. The zero-order valence-electron chi connectivity index (χ0n) is 14.9. The molecular formula is C19H23N5OS. The van der Waals surface area contributed by atoms with Gasteiger partial charge in [-0.1, -0.05) is 0 Å². The molecule has 0 aromatic carbocycles. The van der Waals surface area contributed by atoms with Gasteiger partial charge in [-0.15, -0.1) is 11.3 Å². The Morgan fingerprint density at radius 3 is 3.08 bits per heavy atom. The van der Waals surface area contributed by atoms with E-state index in [9.17, 15) is 4.79 Å². The van der Waals surface area contributed by atoms with Gasteiger partial charge in [0.1, 0.15) is 0 Å². The molecule has 7 heteroatoms. The van der Waals surface area contributed by atoms with Gasteiger partial charge in [0.2, 0.25) is 0 Å². The highest BCUT2D eigenvalue weighted by Gasteiger charge is 2.28. The number of nitrogens with zero attached hydrogens (tertiary/aromatic N) is 4. The number of amides is 1. The van der Waals surface area contributed by atoms with Crippen molar-refractivity contribution in [1.82, 2.24) is 24.9 Å². The molecule has 4 heterocycles. The molecule has 1 saturated heterocycles. The summed E-state index contributed by atoms with van der Waals surface area (Å²) in [6, 6.07) is 8.21. The highest BCUT2D eigenvalue weighted by atomic mass is 32.1. The zero-order chi connectivity index (χ0) is 17.9. The molecule has 1 fully saturated rings. The average Bonchev–Trinajstić information content (AvgIpc) is 3.41. The number of hydrogen-bond acceptors (Lipinski definition) is 4. The molecule has 6 nitrogen and oxygen atoms in total. The number of aryl methyl sites for hydroxylation is 2. The van der Waals surface area contributed by atoms with Crippen molar-refractivity contribution in [1.29, 1.82) is 0 Å². The van der Waals surface area contributed by atoms with E-state index < -0.39 is 0 Å². The van der Waals surface area contributed by atoms with E-state index in [1.165, 1.54) is 11.3 Å². The van der Waals surface area contributed by atoms with E-state index in [2.05, 4.69) is 34.4 Å². The fourth-order valence-corrected chi connectivity index (χ4v) is 4.40. The Bertz CT molecular complexity index is 866. The lowest BCUT2D eigenvalue weighted by molar-refractivity contribution is 0.0588. The number of thiophene rings is 1. The minimum Gasteiger partial charge on any atom is -0.334 e. The van der Waals surface area contributed by atoms with Gasteiger partial charge in [-0.2, -0.15) is 10.2 Å². The summed E-state index contributed by atoms with van der Waals surface area (Å²) in [4.78, 5) is 17.4. The van der Waals surface area contributed by atoms with Crippen LogP contribution in [-0.2, 0) is 6.54 Å². The fourth-order valence-electron chi connectivity index (χ4n) is 3.57. The molecule has 0 bridgehead atoms. The average molecular weight is 369 g/mol. The number of carbonyl (C=O) groups excluding carboxylic acids is 1. The molecule has 136 valence electrons. The van der Waals surface area contributed by atoms with E-state index in [-0.39, 0.29) is 11.9 Å². The molecule has 0 unspecified atom stereocenters. The minimum atomic E-state index is 0.0333. The number of aromatic nitrogens is 4. The van der Waals surface area contributed by atoms with Crippen molar-refractivity contribution in [2.45, 2.75) is 45.2 Å². The number of likely N-dealkylation sites (tertiary alicyclic amines) is 1. The van der Waals surface area contributed by atoms with Crippen LogP contribution in [0.3, 0.4) is 0 Å². The van der Waals surface area contributed by atoms with Gasteiger partial charge in [0.25, 0.3) is 5.91 Å². The topological polar surface area (TPSA) is 66.8 Å². The summed E-state index contributed by atoms with van der Waals surface area (Å²) in [5.74, 6) is 0.0333. The van der Waals surface area contributed by atoms with Crippen LogP contribution < -0.4 is 0 Å². The second-order valence-corrected chi connectivity index (χ2v) is 8.07. The van der Waals surface area contributed by atoms with Crippen LogP contribution in [0, 0.1) is 6.92 Å². The molecule has 26 heavy (non-hydrogen) atoms. The summed E-state index contributed by atoms with van der Waals surface area (Å²) in [6.45, 7) is 3.72. The Morgan fingerprint density at radius 2 is 2.31 bits per heavy atom. The van der Waals surface area contributed by atoms with E-state index in [0.29, 0.717) is 5.69 Å². The van der Waals surface area contributed by atoms with Gasteiger partial charge in [0.05, 0.1) is 10.6 Å². The van der Waals surface area contributed by atoms with Crippen molar-refractivity contribution in [2.24, 2.45) is 0 Å². The standard InChI is InChI=1S/C19H23N5OS/c1-14-6-7-18(26-14)16-13-17(22-21-16)19(25)24-11-3-2-5-15(24)8-12-23-10-4-9-20-23/h4,6-7,9-10,13,15H,2-3,5,8,11-12H2,1H3,(H,21,22)/t15-/m0/s1. The zero-order valence-corrected chi connectivity index (χ0v) is 15.7. The normalized spacial score (nSPS) is 17.6. The number of carbonyl (C=O) groups is 1. The number of H-pyrrole nitrogens is 1. The summed E-state index contributed by atoms with van der Waals surface area (Å²) in [7, 11) is 0. The van der Waals surface area contributed by atoms with E-state index >= 15 is 0 Å². The van der Waals surface area contributed by atoms with Gasteiger partial charge >= 0.3 is 0 Å². The van der Waals surface area contributed by atoms with Gasteiger partial charge in [-0.25, -0.2) is 0 Å². The Labute approximate surface area is 156 Å². The maximum atomic E-state index is 13.0. The van der Waals surface area contributed by atoms with Crippen LogP contribution in [0.4, 0.5) is 0 Å². The van der Waals surface area contributed by atoms with Crippen molar-refractivity contribution in [2.75, 3.05) is 6.54 Å². The van der Waals surface area contributed by atoms with Gasteiger partial charge in [-0.3, -0.25) is 14.6 Å². The molecule has 1 amide bonds. The van der Waals surface area contributed by atoms with Crippen molar-refractivity contribution in [3.63, 3.8) is 0 Å². The molecular weight excluding hydrogens is 346 g/mol. The molecule has 0 radical (unpaired) electrons. The predicted molar refractivity (Wildman–Crippen MR) is 102 cm³/mol. The Balaban J connectivity index is 1.47. The van der Waals surface area contributed by atoms with Crippen molar-refractivity contribution < 1.29 is 4.79 Å². The van der Waals surface area contributed by atoms with Gasteiger partial charge in [0, 0.05) is 36.4 Å². The molecule has 1 atom stereocenters. The fraction of sp³-hybridized carbons (Fsp3) is 0.421. The third kappa shape index (κ3) is 3.58. The lowest BCUT2D eigenvalue weighted by Crippen LogP contribution is -2.44. The highest BCUT2D eigenvalue weighted by Crippen LogP contribution is 2.28. The monoisotopic (exact) mass is 369 g/mol. The molecule has 3 aromatic rings. The smallest absolute Gasteiger partial charge is 0.274 e. The first-order chi connectivity index (χ1) is 12.7. The molecule has 3 aromatic heterocycles. The highest BCUT2D eigenvalue weighted by molar-refractivity contribution is 7.15. The van der Waals surface area contributed by atoms with Crippen molar-refractivity contribution in [3.05, 3.63) is 47.2 Å². The third-order valence-corrected chi connectivity index (χ3v) is 5.98. The van der Waals surface area contributed by atoms with Crippen LogP contribution in [0.1, 0.15) is 41.0 Å². The Morgan fingerprint density at radius 1 is 1.38 bits per heavy atom. The lowest BCUT2D eigenvalue weighted by atomic mass is 9.99. The predicted octanol–water partition coefficient (Wildman–Crippen LogP) is 3.73. The number of nitrogens with one attached hydrogen (secondary N) is 1. The molecule has 4 rings (SSSR count). The van der Waals surface area contributed by atoms with Crippen molar-refractivity contribution in [3.8, 4) is 10.6 Å². The summed E-state index contributed by atoms with van der Waals surface area (Å²) in [5, 5.41) is 11.6. The van der Waals surface area contributed by atoms with Crippen LogP contribution in [0.5, 0.6) is 0 Å². The number of hydrogen-bond donors (Lipinski definition) is 1. The molecule has 1 aliphatic heterocycles. The van der Waals surface area contributed by atoms with Crippen LogP contribution in [0.25, 0.3) is 10.6 Å². The first-order valence-corrected chi connectivity index (χ1v) is 9.93. The second kappa shape index (κ2) is 7.45. The summed E-state index contributed by atoms with van der Waals surface area (Å²) >= 11 is 1.70. The van der Waals surface area contributed by atoms with Gasteiger partial charge in [0.15, 0.2) is 5.69 Å². The largest absolute Gasteiger partial charge is 0.334 e. The summed E-state index contributed by atoms with van der Waals surface area (Å²) < 4.78 is 1.93. The first kappa shape index (κ1) is 17.0. The maximum absolute atomic E-state index is 13.0. The molecule has 0 saturated carbocycles. The molecule has 0 aliphatic carbocycles. The molecule has 1 N–H and O–H groups in total. The van der Waals surface area contributed by atoms with Crippen molar-refractivity contribution >= 4 is 17.2 Å². The Kier molecular flexibility index (Phi) is 4.88.